The molecule has 2 saturated heterocycles. The highest BCUT2D eigenvalue weighted by atomic mass is 32.4. The molecule has 2 rings (SSSR count). The van der Waals surface area contributed by atoms with E-state index in [0.29, 0.717) is 19.1 Å². The molecule has 0 aliphatic carbocycles. The highest BCUT2D eigenvalue weighted by Gasteiger charge is 2.52. The molecule has 7 heteroatoms. The molecule has 0 bridgehead atoms. The number of nitrogens with two attached hydrogens (primary N) is 1. The van der Waals surface area contributed by atoms with Crippen LogP contribution in [0.1, 0.15) is 20.8 Å². The molecule has 2 aliphatic heterocycles. The van der Waals surface area contributed by atoms with Crippen molar-refractivity contribution < 1.29 is 14.0 Å². The lowest BCUT2D eigenvalue weighted by Gasteiger charge is -2.19. The van der Waals surface area contributed by atoms with Crippen molar-refractivity contribution >= 4 is 23.8 Å². The van der Waals surface area contributed by atoms with E-state index in [1.165, 1.54) is 0 Å². The zero-order chi connectivity index (χ0) is 14.9. The van der Waals surface area contributed by atoms with Gasteiger partial charge in [-0.25, -0.2) is 0 Å². The Kier molecular flexibility index (Phi) is 4.69. The van der Waals surface area contributed by atoms with Gasteiger partial charge in [-0.3, -0.25) is 4.99 Å². The first-order chi connectivity index (χ1) is 9.33. The molecule has 2 unspecified atom stereocenters. The Morgan fingerprint density at radius 2 is 1.95 bits per heavy atom. The number of nitrogens with zero attached hydrogens (tertiary/aromatic N) is 1. The maximum absolute atomic E-state index is 5.92. The van der Waals surface area contributed by atoms with Crippen LogP contribution in [-0.4, -0.2) is 30.6 Å². The highest BCUT2D eigenvalue weighted by Crippen LogP contribution is 2.66. The number of hydrogen-bond donors (Lipinski definition) is 1. The largest absolute Gasteiger partial charge is 0.446 e. The average Bonchev–Trinajstić information content (AvgIpc) is 3.16. The number of rotatable bonds is 7. The van der Waals surface area contributed by atoms with Crippen LogP contribution in [0.15, 0.2) is 29.2 Å². The molecule has 2 aliphatic rings. The first-order valence-corrected chi connectivity index (χ1v) is 9.42. The molecule has 2 atom stereocenters. The number of ether oxygens (including phenoxy) is 2. The van der Waals surface area contributed by atoms with Crippen LogP contribution in [0.5, 0.6) is 0 Å². The van der Waals surface area contributed by atoms with Gasteiger partial charge >= 0.3 is 0 Å². The van der Waals surface area contributed by atoms with Crippen LogP contribution in [0.4, 0.5) is 0 Å². The van der Waals surface area contributed by atoms with Gasteiger partial charge in [0.25, 0.3) is 0 Å². The van der Waals surface area contributed by atoms with E-state index in [-0.39, 0.29) is 17.6 Å². The fourth-order valence-electron chi connectivity index (χ4n) is 1.59. The van der Waals surface area contributed by atoms with E-state index in [1.54, 1.807) is 6.08 Å². The van der Waals surface area contributed by atoms with Crippen molar-refractivity contribution in [1.82, 2.24) is 0 Å². The molecule has 0 spiro atoms. The van der Waals surface area contributed by atoms with E-state index in [2.05, 4.69) is 11.6 Å². The predicted molar refractivity (Wildman–Crippen MR) is 84.2 cm³/mol. The van der Waals surface area contributed by atoms with Gasteiger partial charge in [0.15, 0.2) is 12.1 Å². The van der Waals surface area contributed by atoms with Crippen LogP contribution in [0.2, 0.25) is 0 Å². The summed E-state index contributed by atoms with van der Waals surface area (Å²) in [5.41, 5.74) is 7.48. The monoisotopic (exact) mass is 316 g/mol. The van der Waals surface area contributed by atoms with Crippen LogP contribution in [0.3, 0.4) is 0 Å². The van der Waals surface area contributed by atoms with Gasteiger partial charge in [0.2, 0.25) is 0 Å². The van der Waals surface area contributed by atoms with Gasteiger partial charge in [-0.05, 0) is 24.6 Å². The Hall–Kier alpha value is -0.680. The van der Waals surface area contributed by atoms with Gasteiger partial charge in [-0.2, -0.15) is 0 Å². The summed E-state index contributed by atoms with van der Waals surface area (Å²) in [6, 6.07) is 0. The Morgan fingerprint density at radius 3 is 2.35 bits per heavy atom. The van der Waals surface area contributed by atoms with Crippen molar-refractivity contribution in [2.24, 2.45) is 16.6 Å². The highest BCUT2D eigenvalue weighted by molar-refractivity contribution is 8.13. The van der Waals surface area contributed by atoms with Crippen molar-refractivity contribution in [2.45, 2.75) is 32.5 Å². The molecular weight excluding hydrogens is 295 g/mol. The second kappa shape index (κ2) is 5.98. The summed E-state index contributed by atoms with van der Waals surface area (Å²) < 4.78 is 16.4. The molecule has 2 fully saturated rings. The normalized spacial score (nSPS) is 29.0. The minimum Gasteiger partial charge on any atom is -0.446 e. The number of hydrogen-bond acceptors (Lipinski definition) is 6. The van der Waals surface area contributed by atoms with Crippen molar-refractivity contribution in [3.63, 3.8) is 0 Å². The van der Waals surface area contributed by atoms with E-state index < -0.39 is 6.26 Å². The van der Waals surface area contributed by atoms with Gasteiger partial charge in [-0.15, -0.1) is 0 Å². The van der Waals surface area contributed by atoms with Gasteiger partial charge in [0, 0.05) is 17.5 Å². The number of allylic oxidation sites excluding steroid dienone is 2. The summed E-state index contributed by atoms with van der Waals surface area (Å²) in [7, 11) is 0. The van der Waals surface area contributed by atoms with Crippen molar-refractivity contribution in [2.75, 3.05) is 13.2 Å². The molecular formula is C13H21N2O3PS. The maximum atomic E-state index is 5.92. The molecule has 0 aromatic heterocycles. The fraction of sp³-hybridized carbons (Fsp3) is 0.615. The Bertz CT molecular complexity index is 492. The lowest BCUT2D eigenvalue weighted by Crippen LogP contribution is -2.09. The van der Waals surface area contributed by atoms with Crippen LogP contribution >= 0.6 is 6.26 Å². The van der Waals surface area contributed by atoms with Crippen LogP contribution in [0, 0.1) is 5.92 Å². The summed E-state index contributed by atoms with van der Waals surface area (Å²) in [4.78, 5) is 4.37. The lowest BCUT2D eigenvalue weighted by molar-refractivity contribution is 0.391. The average molecular weight is 316 g/mol. The molecule has 2 heterocycles. The Labute approximate surface area is 125 Å². The minimum atomic E-state index is -2.19. The smallest absolute Gasteiger partial charge is 0.190 e. The van der Waals surface area contributed by atoms with E-state index in [1.807, 2.05) is 20.8 Å². The lowest BCUT2D eigenvalue weighted by atomic mass is 10.2. The molecule has 0 aromatic carbocycles. The molecule has 0 aromatic rings. The standard InChI is InChI=1S/C13H21N2O3PS/c1-8(2)10(4)15-9(3)5-11(14)18-19(20,12-6-16-12)13-7-17-13/h5,8,12-13H,4,6-7,14H2,1-3H3/b11-5+,15-9?. The second-order valence-corrected chi connectivity index (χ2v) is 9.60. The van der Waals surface area contributed by atoms with Crippen LogP contribution in [-0.2, 0) is 25.8 Å². The molecule has 0 saturated carbocycles. The Morgan fingerprint density at radius 1 is 1.45 bits per heavy atom. The molecule has 2 N–H and O–H groups in total. The van der Waals surface area contributed by atoms with Crippen molar-refractivity contribution in [3.8, 4) is 0 Å². The second-order valence-electron chi connectivity index (χ2n) is 5.26. The Balaban J connectivity index is 2.03. The van der Waals surface area contributed by atoms with Crippen molar-refractivity contribution in [3.05, 3.63) is 24.2 Å². The molecule has 5 nitrogen and oxygen atoms in total. The van der Waals surface area contributed by atoms with Gasteiger partial charge in [0.05, 0.1) is 13.2 Å². The SMILES string of the molecule is C=C(N=C(C)/C=C(\N)OP(=S)(C1CO1)C1CO1)C(C)C. The van der Waals surface area contributed by atoms with Gasteiger partial charge in [0.1, 0.15) is 11.7 Å². The van der Waals surface area contributed by atoms with Crippen LogP contribution in [0.25, 0.3) is 0 Å². The van der Waals surface area contributed by atoms with Gasteiger partial charge < -0.3 is 19.7 Å². The molecule has 112 valence electrons. The van der Waals surface area contributed by atoms with E-state index in [4.69, 9.17) is 31.5 Å². The molecule has 20 heavy (non-hydrogen) atoms. The summed E-state index contributed by atoms with van der Waals surface area (Å²) in [5, 5.41) is 0. The quantitative estimate of drug-likeness (QED) is 0.338. The van der Waals surface area contributed by atoms with Crippen LogP contribution < -0.4 is 5.73 Å². The van der Waals surface area contributed by atoms with E-state index in [9.17, 15) is 0 Å². The summed E-state index contributed by atoms with van der Waals surface area (Å²) >= 11 is 5.59. The summed E-state index contributed by atoms with van der Waals surface area (Å²) in [6.07, 6.45) is -0.509. The molecule has 0 radical (unpaired) electrons. The zero-order valence-corrected chi connectivity index (χ0v) is 13.7. The fourth-order valence-corrected chi connectivity index (χ4v) is 4.57. The maximum Gasteiger partial charge on any atom is 0.190 e. The van der Waals surface area contributed by atoms with Gasteiger partial charge in [-0.1, -0.05) is 20.4 Å². The third kappa shape index (κ3) is 3.92. The third-order valence-electron chi connectivity index (χ3n) is 3.02. The number of epoxide rings is 2. The third-order valence-corrected chi connectivity index (χ3v) is 7.35. The first-order valence-electron chi connectivity index (χ1n) is 6.56. The van der Waals surface area contributed by atoms with Crippen molar-refractivity contribution in [1.29, 1.82) is 0 Å². The zero-order valence-electron chi connectivity index (χ0n) is 12.0. The topological polar surface area (TPSA) is 72.7 Å². The summed E-state index contributed by atoms with van der Waals surface area (Å²) in [5.74, 6) is 0.544. The summed E-state index contributed by atoms with van der Waals surface area (Å²) in [6.45, 7) is 11.1. The van der Waals surface area contributed by atoms with E-state index >= 15 is 0 Å². The predicted octanol–water partition coefficient (Wildman–Crippen LogP) is 2.54. The molecule has 0 amide bonds. The number of aliphatic imine (C=N–C) groups is 1. The van der Waals surface area contributed by atoms with E-state index in [0.717, 1.165) is 11.4 Å². The minimum absolute atomic E-state index is 0.0141. The first kappa shape index (κ1) is 15.7.